The molecule has 2 amide bonds. The number of nitrogens with one attached hydrogen (secondary N) is 1. The van der Waals surface area contributed by atoms with E-state index >= 15 is 0 Å². The molecule has 8 heteroatoms. The van der Waals surface area contributed by atoms with E-state index in [9.17, 15) is 18.0 Å². The molecule has 0 aromatic heterocycles. The number of hydrogen-bond donors (Lipinski definition) is 1. The van der Waals surface area contributed by atoms with Gasteiger partial charge in [0.25, 0.3) is 5.91 Å². The molecule has 0 bridgehead atoms. The predicted octanol–water partition coefficient (Wildman–Crippen LogP) is -0.0176. The number of piperazine rings is 1. The van der Waals surface area contributed by atoms with E-state index in [4.69, 9.17) is 0 Å². The summed E-state index contributed by atoms with van der Waals surface area (Å²) in [5, 5.41) is 3.22. The van der Waals surface area contributed by atoms with Gasteiger partial charge in [-0.15, -0.1) is 0 Å². The Morgan fingerprint density at radius 2 is 1.88 bits per heavy atom. The molecular formula is C16H23N3O4S. The van der Waals surface area contributed by atoms with Crippen molar-refractivity contribution in [3.8, 4) is 0 Å². The molecule has 2 rings (SSSR count). The lowest BCUT2D eigenvalue weighted by atomic mass is 10.1. The highest BCUT2D eigenvalue weighted by Crippen LogP contribution is 2.16. The summed E-state index contributed by atoms with van der Waals surface area (Å²) in [6, 6.07) is 5.87. The minimum atomic E-state index is -3.71. The van der Waals surface area contributed by atoms with Gasteiger partial charge < -0.3 is 15.1 Å². The molecule has 1 aliphatic heterocycles. The molecule has 1 fully saturated rings. The molecule has 1 aliphatic rings. The third-order valence-electron chi connectivity index (χ3n) is 4.03. The molecule has 1 heterocycles. The Balaban J connectivity index is 2.15. The lowest BCUT2D eigenvalue weighted by Gasteiger charge is -2.34. The number of carbonyl (C=O) groups is 2. The number of nitrogens with zero attached hydrogens (tertiary/aromatic N) is 2. The summed E-state index contributed by atoms with van der Waals surface area (Å²) in [4.78, 5) is 27.2. The van der Waals surface area contributed by atoms with Gasteiger partial charge in [0, 0.05) is 45.3 Å². The van der Waals surface area contributed by atoms with Crippen LogP contribution < -0.4 is 5.32 Å². The smallest absolute Gasteiger partial charge is 0.254 e. The maximum Gasteiger partial charge on any atom is 0.254 e. The van der Waals surface area contributed by atoms with Crippen LogP contribution in [-0.4, -0.2) is 75.6 Å². The van der Waals surface area contributed by atoms with Crippen molar-refractivity contribution in [3.63, 3.8) is 0 Å². The molecule has 1 aromatic rings. The molecule has 1 atom stereocenters. The van der Waals surface area contributed by atoms with E-state index in [2.05, 4.69) is 5.32 Å². The number of sulfone groups is 1. The molecule has 0 radical (unpaired) electrons. The zero-order valence-corrected chi connectivity index (χ0v) is 15.0. The number of benzene rings is 1. The van der Waals surface area contributed by atoms with Crippen LogP contribution in [0.25, 0.3) is 0 Å². The molecule has 7 nitrogen and oxygen atoms in total. The van der Waals surface area contributed by atoms with Gasteiger partial charge in [-0.25, -0.2) is 8.42 Å². The number of carbonyl (C=O) groups excluding carboxylic acids is 2. The van der Waals surface area contributed by atoms with Crippen molar-refractivity contribution >= 4 is 21.7 Å². The van der Waals surface area contributed by atoms with Gasteiger partial charge in [0.2, 0.25) is 5.91 Å². The average molecular weight is 353 g/mol. The van der Waals surface area contributed by atoms with E-state index in [0.717, 1.165) is 13.1 Å². The molecule has 0 unspecified atom stereocenters. The van der Waals surface area contributed by atoms with Gasteiger partial charge in [-0.1, -0.05) is 0 Å². The van der Waals surface area contributed by atoms with Crippen LogP contribution >= 0.6 is 0 Å². The van der Waals surface area contributed by atoms with Gasteiger partial charge in [0.15, 0.2) is 9.84 Å². The third kappa shape index (κ3) is 4.12. The minimum Gasteiger partial charge on any atom is -0.348 e. The molecule has 0 aliphatic carbocycles. The normalized spacial score (nSPS) is 18.3. The van der Waals surface area contributed by atoms with Crippen molar-refractivity contribution in [3.05, 3.63) is 29.8 Å². The SMILES string of the molecule is C[C@@H]1CNCCN1C(=O)c1ccc(S(=O)(=O)CC(=O)N(C)C)cc1. The Bertz CT molecular complexity index is 713. The zero-order chi connectivity index (χ0) is 17.9. The summed E-state index contributed by atoms with van der Waals surface area (Å²) < 4.78 is 24.5. The molecule has 1 saturated heterocycles. The first-order valence-electron chi connectivity index (χ1n) is 7.77. The first-order chi connectivity index (χ1) is 11.2. The van der Waals surface area contributed by atoms with E-state index in [1.807, 2.05) is 6.92 Å². The zero-order valence-electron chi connectivity index (χ0n) is 14.2. The molecule has 0 spiro atoms. The molecular weight excluding hydrogens is 330 g/mol. The highest BCUT2D eigenvalue weighted by Gasteiger charge is 2.25. The van der Waals surface area contributed by atoms with Crippen LogP contribution in [0.2, 0.25) is 0 Å². The average Bonchev–Trinajstić information content (AvgIpc) is 2.54. The lowest BCUT2D eigenvalue weighted by molar-refractivity contribution is -0.125. The Kier molecular flexibility index (Phi) is 5.61. The maximum absolute atomic E-state index is 12.5. The topological polar surface area (TPSA) is 86.8 Å². The van der Waals surface area contributed by atoms with Crippen LogP contribution in [0.3, 0.4) is 0 Å². The second-order valence-electron chi connectivity index (χ2n) is 6.12. The van der Waals surface area contributed by atoms with Crippen LogP contribution in [-0.2, 0) is 14.6 Å². The van der Waals surface area contributed by atoms with Gasteiger partial charge >= 0.3 is 0 Å². The molecule has 1 N–H and O–H groups in total. The van der Waals surface area contributed by atoms with Crippen molar-refractivity contribution in [2.45, 2.75) is 17.9 Å². The van der Waals surface area contributed by atoms with Gasteiger partial charge in [0.05, 0.1) is 4.90 Å². The number of rotatable bonds is 4. The van der Waals surface area contributed by atoms with Crippen molar-refractivity contribution < 1.29 is 18.0 Å². The fraction of sp³-hybridized carbons (Fsp3) is 0.500. The van der Waals surface area contributed by atoms with Crippen LogP contribution in [0, 0.1) is 0 Å². The Hall–Kier alpha value is -1.93. The van der Waals surface area contributed by atoms with Gasteiger partial charge in [-0.2, -0.15) is 0 Å². The maximum atomic E-state index is 12.5. The van der Waals surface area contributed by atoms with E-state index in [0.29, 0.717) is 12.1 Å². The van der Waals surface area contributed by atoms with Gasteiger partial charge in [-0.05, 0) is 31.2 Å². The van der Waals surface area contributed by atoms with E-state index in [1.54, 1.807) is 4.90 Å². The summed E-state index contributed by atoms with van der Waals surface area (Å²) in [5.74, 6) is -1.18. The summed E-state index contributed by atoms with van der Waals surface area (Å²) in [6.45, 7) is 4.08. The van der Waals surface area contributed by atoms with E-state index in [1.165, 1.54) is 43.3 Å². The Morgan fingerprint density at radius 3 is 2.42 bits per heavy atom. The number of hydrogen-bond acceptors (Lipinski definition) is 5. The fourth-order valence-corrected chi connectivity index (χ4v) is 3.79. The van der Waals surface area contributed by atoms with Crippen LogP contribution in [0.4, 0.5) is 0 Å². The van der Waals surface area contributed by atoms with Gasteiger partial charge in [0.1, 0.15) is 5.75 Å². The summed E-state index contributed by atoms with van der Waals surface area (Å²) >= 11 is 0. The first-order valence-corrected chi connectivity index (χ1v) is 9.42. The predicted molar refractivity (Wildman–Crippen MR) is 90.6 cm³/mol. The van der Waals surface area contributed by atoms with Crippen molar-refractivity contribution in [2.75, 3.05) is 39.5 Å². The molecule has 0 saturated carbocycles. The second-order valence-corrected chi connectivity index (χ2v) is 8.11. The lowest BCUT2D eigenvalue weighted by Crippen LogP contribution is -2.52. The van der Waals surface area contributed by atoms with Gasteiger partial charge in [-0.3, -0.25) is 9.59 Å². The summed E-state index contributed by atoms with van der Waals surface area (Å²) in [5.41, 5.74) is 0.446. The fourth-order valence-electron chi connectivity index (χ4n) is 2.49. The van der Waals surface area contributed by atoms with Crippen molar-refractivity contribution in [2.24, 2.45) is 0 Å². The first kappa shape index (κ1) is 18.4. The Morgan fingerprint density at radius 1 is 1.25 bits per heavy atom. The highest BCUT2D eigenvalue weighted by atomic mass is 32.2. The summed E-state index contributed by atoms with van der Waals surface area (Å²) in [6.07, 6.45) is 0. The van der Waals surface area contributed by atoms with Crippen molar-refractivity contribution in [1.82, 2.24) is 15.1 Å². The van der Waals surface area contributed by atoms with E-state index in [-0.39, 0.29) is 16.8 Å². The van der Waals surface area contributed by atoms with Crippen LogP contribution in [0.5, 0.6) is 0 Å². The van der Waals surface area contributed by atoms with Crippen LogP contribution in [0.15, 0.2) is 29.2 Å². The molecule has 132 valence electrons. The van der Waals surface area contributed by atoms with Crippen LogP contribution in [0.1, 0.15) is 17.3 Å². The second kappa shape index (κ2) is 7.31. The highest BCUT2D eigenvalue weighted by molar-refractivity contribution is 7.92. The van der Waals surface area contributed by atoms with E-state index < -0.39 is 21.5 Å². The Labute approximate surface area is 142 Å². The van der Waals surface area contributed by atoms with Crippen molar-refractivity contribution in [1.29, 1.82) is 0 Å². The quantitative estimate of drug-likeness (QED) is 0.822. The largest absolute Gasteiger partial charge is 0.348 e. The standard InChI is InChI=1S/C16H23N3O4S/c1-12-10-17-8-9-19(12)16(21)13-4-6-14(7-5-13)24(22,23)11-15(20)18(2)3/h4-7,12,17H,8-11H2,1-3H3/t12-/m1/s1. The third-order valence-corrected chi connectivity index (χ3v) is 5.65. The summed E-state index contributed by atoms with van der Waals surface area (Å²) in [7, 11) is -0.692. The molecule has 1 aromatic carbocycles. The molecule has 24 heavy (non-hydrogen) atoms. The monoisotopic (exact) mass is 353 g/mol. The number of amides is 2. The minimum absolute atomic E-state index is 0.0441.